The van der Waals surface area contributed by atoms with E-state index in [1.807, 2.05) is 43.3 Å². The predicted molar refractivity (Wildman–Crippen MR) is 77.4 cm³/mol. The topological polar surface area (TPSA) is 30.2 Å². The molecule has 94 valence electrons. The average molecular weight is 250 g/mol. The van der Waals surface area contributed by atoms with Gasteiger partial charge in [0, 0.05) is 11.5 Å². The van der Waals surface area contributed by atoms with Crippen LogP contribution in [0.15, 0.2) is 57.7 Å². The Balaban J connectivity index is 2.42. The molecule has 0 saturated carbocycles. The van der Waals surface area contributed by atoms with E-state index >= 15 is 0 Å². The van der Waals surface area contributed by atoms with Crippen molar-refractivity contribution in [1.29, 1.82) is 0 Å². The van der Waals surface area contributed by atoms with E-state index in [-0.39, 0.29) is 5.63 Å². The van der Waals surface area contributed by atoms with E-state index in [1.54, 1.807) is 6.07 Å². The van der Waals surface area contributed by atoms with Gasteiger partial charge in [-0.25, -0.2) is 4.79 Å². The molecule has 1 aromatic heterocycles. The van der Waals surface area contributed by atoms with Crippen LogP contribution in [0, 0.1) is 13.8 Å². The lowest BCUT2D eigenvalue weighted by Gasteiger charge is -2.08. The van der Waals surface area contributed by atoms with E-state index < -0.39 is 0 Å². The van der Waals surface area contributed by atoms with Crippen molar-refractivity contribution in [3.63, 3.8) is 0 Å². The minimum absolute atomic E-state index is 0.311. The molecular formula is C17H14O2. The maximum Gasteiger partial charge on any atom is 0.336 e. The molecule has 0 aliphatic heterocycles. The summed E-state index contributed by atoms with van der Waals surface area (Å²) in [7, 11) is 0. The molecule has 0 bridgehead atoms. The van der Waals surface area contributed by atoms with Crippen LogP contribution < -0.4 is 5.63 Å². The zero-order valence-corrected chi connectivity index (χ0v) is 10.9. The summed E-state index contributed by atoms with van der Waals surface area (Å²) in [6.07, 6.45) is 0. The fraction of sp³-hybridized carbons (Fsp3) is 0.118. The van der Waals surface area contributed by atoms with Crippen molar-refractivity contribution in [2.75, 3.05) is 0 Å². The average Bonchev–Trinajstić information content (AvgIpc) is 2.41. The predicted octanol–water partition coefficient (Wildman–Crippen LogP) is 4.08. The van der Waals surface area contributed by atoms with Gasteiger partial charge in [0.05, 0.1) is 0 Å². The fourth-order valence-electron chi connectivity index (χ4n) is 2.27. The van der Waals surface area contributed by atoms with Gasteiger partial charge in [0.2, 0.25) is 0 Å². The molecule has 2 heteroatoms. The first kappa shape index (κ1) is 11.7. The fourth-order valence-corrected chi connectivity index (χ4v) is 2.27. The minimum atomic E-state index is -0.311. The standard InChI is InChI=1S/C17H14O2/c1-11-8-15-14(13-6-4-3-5-7-13)10-17(18)19-16(15)9-12(11)2/h3-10H,1-2H3. The molecule has 0 unspecified atom stereocenters. The number of rotatable bonds is 1. The first-order valence-electron chi connectivity index (χ1n) is 6.26. The third-order valence-electron chi connectivity index (χ3n) is 3.44. The molecular weight excluding hydrogens is 236 g/mol. The van der Waals surface area contributed by atoms with Gasteiger partial charge in [0.15, 0.2) is 0 Å². The first-order valence-corrected chi connectivity index (χ1v) is 6.26. The zero-order valence-electron chi connectivity index (χ0n) is 10.9. The molecule has 0 N–H and O–H groups in total. The summed E-state index contributed by atoms with van der Waals surface area (Å²) < 4.78 is 5.30. The molecule has 0 spiro atoms. The van der Waals surface area contributed by atoms with Crippen LogP contribution in [0.1, 0.15) is 11.1 Å². The number of aryl methyl sites for hydroxylation is 2. The first-order chi connectivity index (χ1) is 9.15. The molecule has 0 fully saturated rings. The summed E-state index contributed by atoms with van der Waals surface area (Å²) in [6, 6.07) is 15.5. The van der Waals surface area contributed by atoms with Gasteiger partial charge < -0.3 is 4.42 Å². The van der Waals surface area contributed by atoms with Gasteiger partial charge in [-0.05, 0) is 48.2 Å². The number of fused-ring (bicyclic) bond motifs is 1. The van der Waals surface area contributed by atoms with Crippen LogP contribution >= 0.6 is 0 Å². The summed E-state index contributed by atoms with van der Waals surface area (Å²) in [4.78, 5) is 11.7. The Kier molecular flexibility index (Phi) is 2.71. The zero-order chi connectivity index (χ0) is 13.4. The molecule has 3 rings (SSSR count). The summed E-state index contributed by atoms with van der Waals surface area (Å²) >= 11 is 0. The van der Waals surface area contributed by atoms with Crippen LogP contribution in [0.2, 0.25) is 0 Å². The van der Waals surface area contributed by atoms with Gasteiger partial charge in [0.25, 0.3) is 0 Å². The van der Waals surface area contributed by atoms with Crippen molar-refractivity contribution in [2.24, 2.45) is 0 Å². The van der Waals surface area contributed by atoms with Crippen molar-refractivity contribution >= 4 is 11.0 Å². The van der Waals surface area contributed by atoms with E-state index in [0.717, 1.165) is 22.1 Å². The molecule has 0 amide bonds. The van der Waals surface area contributed by atoms with Crippen LogP contribution in [-0.2, 0) is 0 Å². The third kappa shape index (κ3) is 2.06. The Morgan fingerprint density at radius 3 is 2.32 bits per heavy atom. The Morgan fingerprint density at radius 2 is 1.58 bits per heavy atom. The van der Waals surface area contributed by atoms with Gasteiger partial charge in [-0.2, -0.15) is 0 Å². The largest absolute Gasteiger partial charge is 0.423 e. The molecule has 1 heterocycles. The van der Waals surface area contributed by atoms with E-state index in [1.165, 1.54) is 5.56 Å². The van der Waals surface area contributed by atoms with Crippen LogP contribution in [-0.4, -0.2) is 0 Å². The Morgan fingerprint density at radius 1 is 0.895 bits per heavy atom. The second-order valence-electron chi connectivity index (χ2n) is 4.78. The Labute approximate surface area is 111 Å². The highest BCUT2D eigenvalue weighted by Crippen LogP contribution is 2.28. The van der Waals surface area contributed by atoms with Gasteiger partial charge in [-0.1, -0.05) is 30.3 Å². The maximum absolute atomic E-state index is 11.7. The second kappa shape index (κ2) is 4.39. The lowest BCUT2D eigenvalue weighted by Crippen LogP contribution is -1.99. The molecule has 0 radical (unpaired) electrons. The van der Waals surface area contributed by atoms with Crippen molar-refractivity contribution in [1.82, 2.24) is 0 Å². The smallest absolute Gasteiger partial charge is 0.336 e. The van der Waals surface area contributed by atoms with Gasteiger partial charge >= 0.3 is 5.63 Å². The van der Waals surface area contributed by atoms with Gasteiger partial charge in [0.1, 0.15) is 5.58 Å². The summed E-state index contributed by atoms with van der Waals surface area (Å²) in [5.41, 5.74) is 4.61. The molecule has 2 nitrogen and oxygen atoms in total. The number of hydrogen-bond acceptors (Lipinski definition) is 2. The minimum Gasteiger partial charge on any atom is -0.423 e. The highest BCUT2D eigenvalue weighted by Gasteiger charge is 2.09. The van der Waals surface area contributed by atoms with Gasteiger partial charge in [-0.3, -0.25) is 0 Å². The maximum atomic E-state index is 11.7. The van der Waals surface area contributed by atoms with Gasteiger partial charge in [-0.15, -0.1) is 0 Å². The monoisotopic (exact) mass is 250 g/mol. The van der Waals surface area contributed by atoms with Crippen LogP contribution in [0.3, 0.4) is 0 Å². The highest BCUT2D eigenvalue weighted by atomic mass is 16.4. The number of hydrogen-bond donors (Lipinski definition) is 0. The second-order valence-corrected chi connectivity index (χ2v) is 4.78. The molecule has 2 aromatic carbocycles. The van der Waals surface area contributed by atoms with Crippen molar-refractivity contribution in [3.05, 3.63) is 70.1 Å². The van der Waals surface area contributed by atoms with Crippen LogP contribution in [0.4, 0.5) is 0 Å². The van der Waals surface area contributed by atoms with Crippen LogP contribution in [0.25, 0.3) is 22.1 Å². The lowest BCUT2D eigenvalue weighted by atomic mass is 9.99. The SMILES string of the molecule is Cc1cc2oc(=O)cc(-c3ccccc3)c2cc1C. The molecule has 0 aliphatic rings. The molecule has 0 saturated heterocycles. The van der Waals surface area contributed by atoms with Crippen molar-refractivity contribution in [2.45, 2.75) is 13.8 Å². The Hall–Kier alpha value is -2.35. The van der Waals surface area contributed by atoms with Crippen LogP contribution in [0.5, 0.6) is 0 Å². The molecule has 3 aromatic rings. The third-order valence-corrected chi connectivity index (χ3v) is 3.44. The summed E-state index contributed by atoms with van der Waals surface area (Å²) in [5.74, 6) is 0. The lowest BCUT2D eigenvalue weighted by molar-refractivity contribution is 0.561. The molecule has 0 aliphatic carbocycles. The van der Waals surface area contributed by atoms with E-state index in [0.29, 0.717) is 5.58 Å². The normalized spacial score (nSPS) is 10.8. The quantitative estimate of drug-likeness (QED) is 0.609. The van der Waals surface area contributed by atoms with E-state index in [4.69, 9.17) is 4.42 Å². The molecule has 19 heavy (non-hydrogen) atoms. The van der Waals surface area contributed by atoms with Crippen molar-refractivity contribution < 1.29 is 4.42 Å². The molecule has 0 atom stereocenters. The highest BCUT2D eigenvalue weighted by molar-refractivity contribution is 5.93. The summed E-state index contributed by atoms with van der Waals surface area (Å²) in [5, 5.41) is 0.980. The van der Waals surface area contributed by atoms with E-state index in [9.17, 15) is 4.79 Å². The summed E-state index contributed by atoms with van der Waals surface area (Å²) in [6.45, 7) is 4.08. The number of benzene rings is 2. The Bertz CT molecular complexity index is 799. The van der Waals surface area contributed by atoms with E-state index in [2.05, 4.69) is 13.0 Å². The van der Waals surface area contributed by atoms with Crippen molar-refractivity contribution in [3.8, 4) is 11.1 Å².